The van der Waals surface area contributed by atoms with Crippen molar-refractivity contribution >= 4 is 29.4 Å². The first-order chi connectivity index (χ1) is 22.4. The number of hydrogen-bond acceptors (Lipinski definition) is 6. The van der Waals surface area contributed by atoms with Crippen LogP contribution in [0.25, 0.3) is 6.08 Å². The van der Waals surface area contributed by atoms with Crippen LogP contribution < -0.4 is 20.9 Å². The van der Waals surface area contributed by atoms with E-state index in [2.05, 4.69) is 12.1 Å². The van der Waals surface area contributed by atoms with Crippen molar-refractivity contribution in [3.63, 3.8) is 0 Å². The summed E-state index contributed by atoms with van der Waals surface area (Å²) in [5.74, 6) is 0.671. The molecule has 0 aliphatic heterocycles. The highest BCUT2D eigenvalue weighted by molar-refractivity contribution is 5.92. The lowest BCUT2D eigenvalue weighted by Gasteiger charge is -2.21. The number of carboxylic acids is 1. The Bertz CT molecular complexity index is 1410. The smallest absolute Gasteiger partial charge is 0.336 e. The molecule has 3 aromatic carbocycles. The summed E-state index contributed by atoms with van der Waals surface area (Å²) in [6.45, 7) is 0.688. The van der Waals surface area contributed by atoms with E-state index in [1.165, 1.54) is 75.5 Å². The van der Waals surface area contributed by atoms with Gasteiger partial charge in [0.25, 0.3) is 0 Å². The van der Waals surface area contributed by atoms with Crippen LogP contribution in [0.4, 0.5) is 11.4 Å². The van der Waals surface area contributed by atoms with Gasteiger partial charge in [-0.2, -0.15) is 0 Å². The third kappa shape index (κ3) is 11.6. The van der Waals surface area contributed by atoms with Gasteiger partial charge in [-0.05, 0) is 97.2 Å². The van der Waals surface area contributed by atoms with Gasteiger partial charge in [0, 0.05) is 17.5 Å². The summed E-state index contributed by atoms with van der Waals surface area (Å²) in [4.78, 5) is 23.8. The summed E-state index contributed by atoms with van der Waals surface area (Å²) in [7, 11) is 0. The first kappa shape index (κ1) is 34.6. The maximum atomic E-state index is 12.3. The maximum absolute atomic E-state index is 12.3. The van der Waals surface area contributed by atoms with Gasteiger partial charge in [0.05, 0.1) is 12.2 Å². The minimum atomic E-state index is -0.980. The maximum Gasteiger partial charge on any atom is 0.336 e. The summed E-state index contributed by atoms with van der Waals surface area (Å²) >= 11 is 0. The topological polar surface area (TPSA) is 125 Å². The number of aromatic carboxylic acids is 1. The number of unbranched alkanes of at least 4 members (excludes halogenated alkanes) is 8. The summed E-state index contributed by atoms with van der Waals surface area (Å²) in [6, 6.07) is 18.8. The van der Waals surface area contributed by atoms with E-state index >= 15 is 0 Å². The predicted molar refractivity (Wildman–Crippen MR) is 186 cm³/mol. The molecule has 246 valence electrons. The van der Waals surface area contributed by atoms with Gasteiger partial charge in [-0.3, -0.25) is 0 Å². The van der Waals surface area contributed by atoms with Crippen molar-refractivity contribution in [1.82, 2.24) is 0 Å². The van der Waals surface area contributed by atoms with Crippen LogP contribution in [0.5, 0.6) is 11.5 Å². The zero-order valence-electron chi connectivity index (χ0n) is 27.1. The van der Waals surface area contributed by atoms with Crippen LogP contribution in [0, 0.1) is 0 Å². The SMILES string of the molecule is Nc1cc(N)c(CCCCCCCCCCCOc2ccc(/C=C/C(=O)Oc3ccc(C4CCCCC4)cc3)cc2)c(C(=O)O)c1. The van der Waals surface area contributed by atoms with Gasteiger partial charge >= 0.3 is 11.9 Å². The van der Waals surface area contributed by atoms with Crippen LogP contribution in [-0.2, 0) is 11.2 Å². The van der Waals surface area contributed by atoms with Crippen LogP contribution in [0.1, 0.15) is 123 Å². The number of carbonyl (C=O) groups excluding carboxylic acids is 1. The van der Waals surface area contributed by atoms with E-state index in [0.717, 1.165) is 43.4 Å². The molecule has 7 nitrogen and oxygen atoms in total. The van der Waals surface area contributed by atoms with Crippen molar-refractivity contribution in [2.75, 3.05) is 18.1 Å². The molecule has 7 heteroatoms. The van der Waals surface area contributed by atoms with Crippen molar-refractivity contribution in [3.05, 3.63) is 89.0 Å². The third-order valence-corrected chi connectivity index (χ3v) is 8.84. The number of anilines is 2. The van der Waals surface area contributed by atoms with E-state index in [0.29, 0.717) is 41.6 Å². The van der Waals surface area contributed by atoms with E-state index in [1.54, 1.807) is 12.1 Å². The Morgan fingerprint density at radius 3 is 2.02 bits per heavy atom. The lowest BCUT2D eigenvalue weighted by atomic mass is 9.84. The Morgan fingerprint density at radius 2 is 1.37 bits per heavy atom. The fourth-order valence-electron chi connectivity index (χ4n) is 6.25. The molecule has 0 amide bonds. The Labute approximate surface area is 274 Å². The molecule has 0 spiro atoms. The number of ether oxygens (including phenoxy) is 2. The van der Waals surface area contributed by atoms with Gasteiger partial charge < -0.3 is 26.0 Å². The molecule has 3 aromatic rings. The van der Waals surface area contributed by atoms with Crippen molar-refractivity contribution in [2.45, 2.75) is 102 Å². The van der Waals surface area contributed by atoms with Crippen LogP contribution in [0.15, 0.2) is 66.7 Å². The minimum Gasteiger partial charge on any atom is -0.494 e. The highest BCUT2D eigenvalue weighted by Crippen LogP contribution is 2.33. The fourth-order valence-corrected chi connectivity index (χ4v) is 6.25. The highest BCUT2D eigenvalue weighted by atomic mass is 16.5. The Kier molecular flexibility index (Phi) is 14.0. The van der Waals surface area contributed by atoms with E-state index in [9.17, 15) is 14.7 Å². The van der Waals surface area contributed by atoms with Gasteiger partial charge in [-0.1, -0.05) is 88.5 Å². The fraction of sp³-hybridized carbons (Fsp3) is 0.436. The highest BCUT2D eigenvalue weighted by Gasteiger charge is 2.16. The van der Waals surface area contributed by atoms with Gasteiger partial charge in [-0.15, -0.1) is 0 Å². The molecule has 1 aliphatic rings. The summed E-state index contributed by atoms with van der Waals surface area (Å²) < 4.78 is 11.4. The normalized spacial score (nSPS) is 13.6. The first-order valence-corrected chi connectivity index (χ1v) is 17.0. The molecule has 0 atom stereocenters. The number of hydrogen-bond donors (Lipinski definition) is 3. The number of benzene rings is 3. The number of rotatable bonds is 18. The van der Waals surface area contributed by atoms with Gasteiger partial charge in [0.15, 0.2) is 0 Å². The number of carboxylic acid groups (broad SMARTS) is 1. The second-order valence-corrected chi connectivity index (χ2v) is 12.4. The molecule has 0 unspecified atom stereocenters. The molecular formula is C39H50N2O5. The molecule has 5 N–H and O–H groups in total. The van der Waals surface area contributed by atoms with E-state index in [-0.39, 0.29) is 11.5 Å². The lowest BCUT2D eigenvalue weighted by molar-refractivity contribution is -0.128. The molecule has 1 aliphatic carbocycles. The molecule has 1 saturated carbocycles. The summed E-state index contributed by atoms with van der Waals surface area (Å²) in [6.07, 6.45) is 20.4. The zero-order chi connectivity index (χ0) is 32.6. The van der Waals surface area contributed by atoms with E-state index < -0.39 is 5.97 Å². The molecular weight excluding hydrogens is 576 g/mol. The average Bonchev–Trinajstić information content (AvgIpc) is 3.06. The molecule has 0 aromatic heterocycles. The quantitative estimate of drug-likeness (QED) is 0.0422. The zero-order valence-corrected chi connectivity index (χ0v) is 27.1. The van der Waals surface area contributed by atoms with Gasteiger partial charge in [-0.25, -0.2) is 9.59 Å². The number of nitrogen functional groups attached to an aromatic ring is 2. The van der Waals surface area contributed by atoms with Crippen molar-refractivity contribution < 1.29 is 24.2 Å². The molecule has 0 bridgehead atoms. The minimum absolute atomic E-state index is 0.219. The van der Waals surface area contributed by atoms with Crippen molar-refractivity contribution in [3.8, 4) is 11.5 Å². The van der Waals surface area contributed by atoms with E-state index in [4.69, 9.17) is 20.9 Å². The van der Waals surface area contributed by atoms with Crippen molar-refractivity contribution in [1.29, 1.82) is 0 Å². The number of carbonyl (C=O) groups is 2. The Hall–Kier alpha value is -4.26. The van der Waals surface area contributed by atoms with Crippen LogP contribution in [0.2, 0.25) is 0 Å². The van der Waals surface area contributed by atoms with Crippen LogP contribution in [0.3, 0.4) is 0 Å². The number of esters is 1. The second-order valence-electron chi connectivity index (χ2n) is 12.4. The third-order valence-electron chi connectivity index (χ3n) is 8.84. The molecule has 0 radical (unpaired) electrons. The van der Waals surface area contributed by atoms with Gasteiger partial charge in [0.2, 0.25) is 0 Å². The van der Waals surface area contributed by atoms with Crippen LogP contribution >= 0.6 is 0 Å². The molecule has 0 heterocycles. The average molecular weight is 627 g/mol. The Morgan fingerprint density at radius 1 is 0.761 bits per heavy atom. The number of nitrogens with two attached hydrogens (primary N) is 2. The predicted octanol–water partition coefficient (Wildman–Crippen LogP) is 9.35. The standard InChI is InChI=1S/C39H50N2O5/c40-32-27-36(39(43)44)35(37(41)28-32)15-11-6-4-2-1-3-5-7-12-26-45-33-21-16-29(17-22-33)18-25-38(42)46-34-23-19-31(20-24-34)30-13-9-8-10-14-30/h16-25,27-28,30H,1-15,26,40-41H2,(H,43,44)/b25-18+. The van der Waals surface area contributed by atoms with Crippen LogP contribution in [-0.4, -0.2) is 23.7 Å². The molecule has 4 rings (SSSR count). The monoisotopic (exact) mass is 626 g/mol. The summed E-state index contributed by atoms with van der Waals surface area (Å²) in [5.41, 5.74) is 15.8. The largest absolute Gasteiger partial charge is 0.494 e. The van der Waals surface area contributed by atoms with Gasteiger partial charge in [0.1, 0.15) is 11.5 Å². The summed E-state index contributed by atoms with van der Waals surface area (Å²) in [5, 5.41) is 9.42. The van der Waals surface area contributed by atoms with Crippen molar-refractivity contribution in [2.24, 2.45) is 0 Å². The molecule has 0 saturated heterocycles. The first-order valence-electron chi connectivity index (χ1n) is 17.0. The lowest BCUT2D eigenvalue weighted by Crippen LogP contribution is -2.07. The molecule has 1 fully saturated rings. The Balaban J connectivity index is 1.01. The van der Waals surface area contributed by atoms with E-state index in [1.807, 2.05) is 36.4 Å². The molecule has 46 heavy (non-hydrogen) atoms. The second kappa shape index (κ2) is 18.6.